The Bertz CT molecular complexity index is 432. The Morgan fingerprint density at radius 2 is 1.68 bits per heavy atom. The Kier molecular flexibility index (Phi) is 4.99. The van der Waals surface area contributed by atoms with Crippen LogP contribution in [0.15, 0.2) is 12.1 Å². The van der Waals surface area contributed by atoms with Crippen LogP contribution in [-0.2, 0) is 0 Å². The Labute approximate surface area is 107 Å². The van der Waals surface area contributed by atoms with Crippen molar-refractivity contribution in [1.82, 2.24) is 0 Å². The molecule has 0 radical (unpaired) electrons. The minimum Gasteiger partial charge on any atom is -0.493 e. The fourth-order valence-corrected chi connectivity index (χ4v) is 1.58. The molecular formula is C12H14F4O3. The van der Waals surface area contributed by atoms with Crippen LogP contribution >= 0.6 is 0 Å². The molecule has 0 saturated carbocycles. The molecule has 0 amide bonds. The smallest absolute Gasteiger partial charge is 0.389 e. The number of rotatable bonds is 5. The molecule has 0 fully saturated rings. The zero-order valence-electron chi connectivity index (χ0n) is 10.4. The molecule has 0 heterocycles. The highest BCUT2D eigenvalue weighted by Gasteiger charge is 2.29. The highest BCUT2D eigenvalue weighted by Crippen LogP contribution is 2.35. The van der Waals surface area contributed by atoms with Gasteiger partial charge < -0.3 is 14.6 Å². The summed E-state index contributed by atoms with van der Waals surface area (Å²) in [5, 5.41) is 9.61. The Morgan fingerprint density at radius 3 is 2.16 bits per heavy atom. The average molecular weight is 282 g/mol. The van der Waals surface area contributed by atoms with Gasteiger partial charge in [0.05, 0.1) is 20.3 Å². The van der Waals surface area contributed by atoms with Gasteiger partial charge in [0, 0.05) is 18.1 Å². The summed E-state index contributed by atoms with van der Waals surface area (Å²) >= 11 is 0. The van der Waals surface area contributed by atoms with Gasteiger partial charge >= 0.3 is 6.18 Å². The van der Waals surface area contributed by atoms with Crippen molar-refractivity contribution in [3.05, 3.63) is 23.5 Å². The first-order valence-corrected chi connectivity index (χ1v) is 5.44. The lowest BCUT2D eigenvalue weighted by atomic mass is 10.0. The van der Waals surface area contributed by atoms with E-state index in [0.717, 1.165) is 12.1 Å². The van der Waals surface area contributed by atoms with Crippen molar-refractivity contribution in [3.63, 3.8) is 0 Å². The zero-order valence-corrected chi connectivity index (χ0v) is 10.4. The van der Waals surface area contributed by atoms with Crippen LogP contribution in [0.3, 0.4) is 0 Å². The number of alkyl halides is 3. The van der Waals surface area contributed by atoms with Crippen molar-refractivity contribution in [2.45, 2.75) is 25.1 Å². The van der Waals surface area contributed by atoms with Crippen LogP contribution < -0.4 is 9.47 Å². The second-order valence-corrected chi connectivity index (χ2v) is 3.90. The fourth-order valence-electron chi connectivity index (χ4n) is 1.58. The molecule has 0 aliphatic rings. The Hall–Kier alpha value is -1.50. The molecule has 1 N–H and O–H groups in total. The molecule has 1 aromatic rings. The third-order valence-electron chi connectivity index (χ3n) is 2.56. The quantitative estimate of drug-likeness (QED) is 0.843. The maximum absolute atomic E-state index is 13.6. The minimum absolute atomic E-state index is 0.103. The molecule has 1 unspecified atom stereocenters. The van der Waals surface area contributed by atoms with Crippen LogP contribution in [0, 0.1) is 5.82 Å². The number of ether oxygens (including phenoxy) is 2. The van der Waals surface area contributed by atoms with Crippen molar-refractivity contribution in [2.24, 2.45) is 0 Å². The van der Waals surface area contributed by atoms with Crippen LogP contribution in [-0.4, -0.2) is 25.5 Å². The maximum Gasteiger partial charge on any atom is 0.389 e. The first-order valence-electron chi connectivity index (χ1n) is 5.44. The SMILES string of the molecule is COc1cc(F)c(C(O)CCC(F)(F)F)cc1OC. The van der Waals surface area contributed by atoms with Crippen molar-refractivity contribution in [1.29, 1.82) is 0 Å². The Balaban J connectivity index is 2.93. The lowest BCUT2D eigenvalue weighted by Crippen LogP contribution is -2.11. The van der Waals surface area contributed by atoms with Crippen LogP contribution in [0.1, 0.15) is 24.5 Å². The number of benzene rings is 1. The van der Waals surface area contributed by atoms with E-state index in [4.69, 9.17) is 9.47 Å². The molecule has 108 valence electrons. The van der Waals surface area contributed by atoms with E-state index in [2.05, 4.69) is 0 Å². The molecule has 19 heavy (non-hydrogen) atoms. The lowest BCUT2D eigenvalue weighted by molar-refractivity contribution is -0.140. The molecule has 0 bridgehead atoms. The van der Waals surface area contributed by atoms with E-state index in [9.17, 15) is 22.7 Å². The largest absolute Gasteiger partial charge is 0.493 e. The summed E-state index contributed by atoms with van der Waals surface area (Å²) in [5.74, 6) is -0.593. The van der Waals surface area contributed by atoms with Gasteiger partial charge in [-0.15, -0.1) is 0 Å². The van der Waals surface area contributed by atoms with E-state index in [1.54, 1.807) is 0 Å². The topological polar surface area (TPSA) is 38.7 Å². The molecule has 0 saturated heterocycles. The van der Waals surface area contributed by atoms with E-state index < -0.39 is 30.9 Å². The molecule has 0 aromatic heterocycles. The highest BCUT2D eigenvalue weighted by molar-refractivity contribution is 5.44. The van der Waals surface area contributed by atoms with Crippen molar-refractivity contribution < 1.29 is 32.1 Å². The third kappa shape index (κ3) is 4.27. The summed E-state index contributed by atoms with van der Waals surface area (Å²) < 4.78 is 59.5. The van der Waals surface area contributed by atoms with Gasteiger partial charge in [0.15, 0.2) is 11.5 Å². The predicted octanol–water partition coefficient (Wildman–Crippen LogP) is 3.22. The van der Waals surface area contributed by atoms with Crippen LogP contribution in [0.2, 0.25) is 0 Å². The van der Waals surface area contributed by atoms with Crippen molar-refractivity contribution >= 4 is 0 Å². The second kappa shape index (κ2) is 6.10. The molecule has 1 rings (SSSR count). The zero-order chi connectivity index (χ0) is 14.6. The van der Waals surface area contributed by atoms with Gasteiger partial charge in [0.25, 0.3) is 0 Å². The normalized spacial score (nSPS) is 13.2. The first kappa shape index (κ1) is 15.6. The third-order valence-corrected chi connectivity index (χ3v) is 2.56. The number of aliphatic hydroxyl groups excluding tert-OH is 1. The standard InChI is InChI=1S/C12H14F4O3/c1-18-10-5-7(8(13)6-11(10)19-2)9(17)3-4-12(14,15)16/h5-6,9,17H,3-4H2,1-2H3. The molecule has 1 aromatic carbocycles. The monoisotopic (exact) mass is 282 g/mol. The predicted molar refractivity (Wildman–Crippen MR) is 59.8 cm³/mol. The summed E-state index contributed by atoms with van der Waals surface area (Å²) in [6, 6.07) is 2.10. The van der Waals surface area contributed by atoms with Gasteiger partial charge in [0.2, 0.25) is 0 Å². The van der Waals surface area contributed by atoms with E-state index in [0.29, 0.717) is 0 Å². The van der Waals surface area contributed by atoms with Gasteiger partial charge in [-0.3, -0.25) is 0 Å². The molecule has 0 aliphatic heterocycles. The van der Waals surface area contributed by atoms with E-state index in [1.165, 1.54) is 14.2 Å². The van der Waals surface area contributed by atoms with E-state index >= 15 is 0 Å². The Morgan fingerprint density at radius 1 is 1.16 bits per heavy atom. The molecule has 7 heteroatoms. The molecule has 0 aliphatic carbocycles. The van der Waals surface area contributed by atoms with E-state index in [1.807, 2.05) is 0 Å². The van der Waals surface area contributed by atoms with Gasteiger partial charge in [0.1, 0.15) is 5.82 Å². The maximum atomic E-state index is 13.6. The summed E-state index contributed by atoms with van der Waals surface area (Å²) in [6.45, 7) is 0. The van der Waals surface area contributed by atoms with Gasteiger partial charge in [-0.2, -0.15) is 13.2 Å². The summed E-state index contributed by atoms with van der Waals surface area (Å²) in [7, 11) is 2.61. The number of methoxy groups -OCH3 is 2. The van der Waals surface area contributed by atoms with Gasteiger partial charge in [-0.1, -0.05) is 0 Å². The van der Waals surface area contributed by atoms with Crippen LogP contribution in [0.5, 0.6) is 11.5 Å². The molecule has 3 nitrogen and oxygen atoms in total. The summed E-state index contributed by atoms with van der Waals surface area (Å²) in [6.07, 6.45) is -7.76. The highest BCUT2D eigenvalue weighted by atomic mass is 19.4. The molecular weight excluding hydrogens is 268 g/mol. The van der Waals surface area contributed by atoms with Crippen molar-refractivity contribution in [2.75, 3.05) is 14.2 Å². The fraction of sp³-hybridized carbons (Fsp3) is 0.500. The average Bonchev–Trinajstić information content (AvgIpc) is 2.34. The second-order valence-electron chi connectivity index (χ2n) is 3.90. The lowest BCUT2D eigenvalue weighted by Gasteiger charge is -2.16. The van der Waals surface area contributed by atoms with Gasteiger partial charge in [-0.25, -0.2) is 4.39 Å². The van der Waals surface area contributed by atoms with Crippen LogP contribution in [0.4, 0.5) is 17.6 Å². The summed E-state index contributed by atoms with van der Waals surface area (Å²) in [4.78, 5) is 0. The molecule has 1 atom stereocenters. The van der Waals surface area contributed by atoms with Crippen LogP contribution in [0.25, 0.3) is 0 Å². The number of hydrogen-bond donors (Lipinski definition) is 1. The number of aliphatic hydroxyl groups is 1. The minimum atomic E-state index is -4.39. The first-order chi connectivity index (χ1) is 8.78. The number of halogens is 4. The van der Waals surface area contributed by atoms with Crippen molar-refractivity contribution in [3.8, 4) is 11.5 Å². The summed E-state index contributed by atoms with van der Waals surface area (Å²) in [5.41, 5.74) is -0.248. The van der Waals surface area contributed by atoms with Gasteiger partial charge in [-0.05, 0) is 12.5 Å². The number of hydrogen-bond acceptors (Lipinski definition) is 3. The molecule has 0 spiro atoms. The van der Waals surface area contributed by atoms with E-state index in [-0.39, 0.29) is 17.1 Å².